The van der Waals surface area contributed by atoms with Gasteiger partial charge in [-0.2, -0.15) is 4.98 Å². The molecule has 0 bridgehead atoms. The minimum Gasteiger partial charge on any atom is -0.339 e. The van der Waals surface area contributed by atoms with Crippen LogP contribution in [0.25, 0.3) is 16.9 Å². The van der Waals surface area contributed by atoms with Crippen molar-refractivity contribution < 1.29 is 4.52 Å². The Morgan fingerprint density at radius 1 is 1.15 bits per heavy atom. The molecule has 0 saturated carbocycles. The molecule has 0 atom stereocenters. The van der Waals surface area contributed by atoms with E-state index in [0.29, 0.717) is 65.0 Å². The number of fused-ring (bicyclic) bond motifs is 2. The van der Waals surface area contributed by atoms with Gasteiger partial charge in [-0.3, -0.25) is 9.36 Å². The normalized spacial score (nSPS) is 11.7. The molecule has 176 valence electrons. The Hall–Kier alpha value is -3.34. The Bertz CT molecular complexity index is 1510. The second-order valence-electron chi connectivity index (χ2n) is 8.41. The maximum atomic E-state index is 13.2. The number of aryl methyl sites for hydroxylation is 4. The number of nitrogens with zero attached hydrogens (tertiary/aromatic N) is 7. The van der Waals surface area contributed by atoms with Gasteiger partial charge in [-0.15, -0.1) is 10.2 Å². The lowest BCUT2D eigenvalue weighted by Gasteiger charge is -2.09. The highest BCUT2D eigenvalue weighted by Crippen LogP contribution is 2.17. The fourth-order valence-electron chi connectivity index (χ4n) is 4.15. The van der Waals surface area contributed by atoms with E-state index in [1.54, 1.807) is 4.40 Å². The molecule has 0 unspecified atom stereocenters. The van der Waals surface area contributed by atoms with Crippen LogP contribution in [0.4, 0.5) is 0 Å². The average Bonchev–Trinajstić information content (AvgIpc) is 3.53. The Morgan fingerprint density at radius 3 is 2.85 bits per heavy atom. The molecular formula is C23H25BrN8O2. The van der Waals surface area contributed by atoms with E-state index in [1.807, 2.05) is 16.7 Å². The van der Waals surface area contributed by atoms with Gasteiger partial charge in [0.05, 0.1) is 0 Å². The highest BCUT2D eigenvalue weighted by atomic mass is 79.9. The minimum atomic E-state index is -0.222. The van der Waals surface area contributed by atoms with Crippen molar-refractivity contribution in [3.05, 3.63) is 68.0 Å². The molecule has 0 aliphatic heterocycles. The van der Waals surface area contributed by atoms with E-state index >= 15 is 0 Å². The number of benzene rings is 1. The van der Waals surface area contributed by atoms with E-state index in [1.165, 1.54) is 5.56 Å². The number of rotatable bonds is 9. The van der Waals surface area contributed by atoms with E-state index in [4.69, 9.17) is 4.52 Å². The van der Waals surface area contributed by atoms with Crippen LogP contribution in [-0.2, 0) is 25.8 Å². The van der Waals surface area contributed by atoms with E-state index in [9.17, 15) is 4.79 Å². The Morgan fingerprint density at radius 2 is 2.03 bits per heavy atom. The molecule has 0 fully saturated rings. The number of imidazole rings is 1. The third-order valence-electron chi connectivity index (χ3n) is 5.79. The van der Waals surface area contributed by atoms with Gasteiger partial charge in [0.15, 0.2) is 21.7 Å². The summed E-state index contributed by atoms with van der Waals surface area (Å²) in [6, 6.07) is 8.23. The van der Waals surface area contributed by atoms with Crippen LogP contribution >= 0.6 is 15.9 Å². The summed E-state index contributed by atoms with van der Waals surface area (Å²) in [5.41, 5.74) is 3.11. The molecule has 0 aliphatic carbocycles. The zero-order valence-corrected chi connectivity index (χ0v) is 20.7. The number of aromatic nitrogens is 8. The van der Waals surface area contributed by atoms with Gasteiger partial charge in [0, 0.05) is 25.8 Å². The lowest BCUT2D eigenvalue weighted by atomic mass is 10.1. The van der Waals surface area contributed by atoms with Crippen molar-refractivity contribution in [2.24, 2.45) is 0 Å². The van der Waals surface area contributed by atoms with Gasteiger partial charge in [0.2, 0.25) is 11.7 Å². The van der Waals surface area contributed by atoms with Gasteiger partial charge in [-0.25, -0.2) is 9.38 Å². The predicted octanol–water partition coefficient (Wildman–Crippen LogP) is 3.79. The van der Waals surface area contributed by atoms with Crippen molar-refractivity contribution in [1.29, 1.82) is 0 Å². The molecule has 10 nitrogen and oxygen atoms in total. The first kappa shape index (κ1) is 22.5. The number of nitrogens with one attached hydrogen (secondary N) is 1. The molecule has 0 radical (unpaired) electrons. The quantitative estimate of drug-likeness (QED) is 0.230. The van der Waals surface area contributed by atoms with Crippen molar-refractivity contribution in [3.8, 4) is 0 Å². The highest BCUT2D eigenvalue weighted by Gasteiger charge is 2.20. The Kier molecular flexibility index (Phi) is 6.27. The molecule has 0 saturated heterocycles. The summed E-state index contributed by atoms with van der Waals surface area (Å²) in [7, 11) is 0. The molecule has 0 spiro atoms. The maximum absolute atomic E-state index is 13.2. The van der Waals surface area contributed by atoms with Crippen molar-refractivity contribution >= 4 is 32.9 Å². The number of aromatic amines is 1. The highest BCUT2D eigenvalue weighted by molar-refractivity contribution is 9.10. The van der Waals surface area contributed by atoms with Crippen LogP contribution in [0.3, 0.4) is 0 Å². The largest absolute Gasteiger partial charge is 0.339 e. The molecule has 1 N–H and O–H groups in total. The fraction of sp³-hybridized carbons (Fsp3) is 0.391. The third-order valence-corrected chi connectivity index (χ3v) is 6.16. The Labute approximate surface area is 203 Å². The molecule has 0 aliphatic rings. The lowest BCUT2D eigenvalue weighted by Crippen LogP contribution is -2.21. The predicted molar refractivity (Wildman–Crippen MR) is 130 cm³/mol. The standard InChI is InChI=1S/C23H25BrN8O2/c1-3-4-5-11-31-20-19(26-22(24)27-20)21(33)32-17(28-29-23(31)32)9-10-18-25-16(30-34-18)13-15-8-6-7-14(2)12-15/h6-8,12H,3-5,9-11,13H2,1-2H3,(H,26,27). The van der Waals surface area contributed by atoms with Crippen LogP contribution in [0.1, 0.15) is 54.9 Å². The first-order chi connectivity index (χ1) is 16.5. The van der Waals surface area contributed by atoms with Gasteiger partial charge in [-0.05, 0) is 34.8 Å². The van der Waals surface area contributed by atoms with Crippen LogP contribution in [-0.4, -0.2) is 39.3 Å². The monoisotopic (exact) mass is 524 g/mol. The van der Waals surface area contributed by atoms with Crippen molar-refractivity contribution in [3.63, 3.8) is 0 Å². The van der Waals surface area contributed by atoms with Crippen molar-refractivity contribution in [2.75, 3.05) is 0 Å². The third kappa shape index (κ3) is 4.39. The lowest BCUT2D eigenvalue weighted by molar-refractivity contribution is 0.373. The SMILES string of the molecule is CCCCCn1c2nc(Br)[nH]c2c(=O)n2c(CCc3nc(Cc4cccc(C)c4)no3)nnc12. The van der Waals surface area contributed by atoms with Crippen LogP contribution in [0.5, 0.6) is 0 Å². The second-order valence-corrected chi connectivity index (χ2v) is 9.16. The molecular weight excluding hydrogens is 500 g/mol. The number of H-pyrrole nitrogens is 1. The van der Waals surface area contributed by atoms with Gasteiger partial charge < -0.3 is 9.51 Å². The molecule has 5 rings (SSSR count). The van der Waals surface area contributed by atoms with Crippen LogP contribution < -0.4 is 5.56 Å². The van der Waals surface area contributed by atoms with E-state index < -0.39 is 0 Å². The molecule has 4 heterocycles. The van der Waals surface area contributed by atoms with Gasteiger partial charge >= 0.3 is 0 Å². The summed E-state index contributed by atoms with van der Waals surface area (Å²) >= 11 is 3.35. The summed E-state index contributed by atoms with van der Waals surface area (Å²) in [6.45, 7) is 4.91. The first-order valence-electron chi connectivity index (χ1n) is 11.4. The minimum absolute atomic E-state index is 0.222. The van der Waals surface area contributed by atoms with Crippen molar-refractivity contribution in [2.45, 2.75) is 58.9 Å². The summed E-state index contributed by atoms with van der Waals surface area (Å²) in [5.74, 6) is 2.19. The summed E-state index contributed by atoms with van der Waals surface area (Å²) in [6.07, 6.45) is 4.64. The zero-order valence-electron chi connectivity index (χ0n) is 19.1. The van der Waals surface area contributed by atoms with Gasteiger partial charge in [0.1, 0.15) is 5.82 Å². The van der Waals surface area contributed by atoms with Crippen LogP contribution in [0, 0.1) is 6.92 Å². The molecule has 34 heavy (non-hydrogen) atoms. The second kappa shape index (κ2) is 9.49. The summed E-state index contributed by atoms with van der Waals surface area (Å²) in [4.78, 5) is 25.2. The van der Waals surface area contributed by atoms with Crippen LogP contribution in [0.15, 0.2) is 38.3 Å². The zero-order chi connectivity index (χ0) is 23.7. The van der Waals surface area contributed by atoms with Gasteiger partial charge in [0.25, 0.3) is 5.56 Å². The topological polar surface area (TPSA) is 120 Å². The van der Waals surface area contributed by atoms with E-state index in [2.05, 4.69) is 72.2 Å². The van der Waals surface area contributed by atoms with E-state index in [0.717, 1.165) is 24.8 Å². The fourth-order valence-corrected chi connectivity index (χ4v) is 4.52. The molecule has 5 aromatic rings. The number of halogens is 1. The number of hydrogen-bond donors (Lipinski definition) is 1. The molecule has 0 amide bonds. The maximum Gasteiger partial charge on any atom is 0.286 e. The Balaban J connectivity index is 1.40. The molecule has 4 aromatic heterocycles. The molecule has 11 heteroatoms. The number of hydrogen-bond acceptors (Lipinski definition) is 7. The molecule has 1 aromatic carbocycles. The van der Waals surface area contributed by atoms with Crippen molar-refractivity contribution in [1.82, 2.24) is 39.3 Å². The summed E-state index contributed by atoms with van der Waals surface area (Å²) < 4.78 is 9.47. The van der Waals surface area contributed by atoms with E-state index in [-0.39, 0.29) is 5.56 Å². The first-order valence-corrected chi connectivity index (χ1v) is 12.2. The average molecular weight is 525 g/mol. The van der Waals surface area contributed by atoms with Crippen LogP contribution in [0.2, 0.25) is 0 Å². The smallest absolute Gasteiger partial charge is 0.286 e. The number of unbranched alkanes of at least 4 members (excludes halogenated alkanes) is 2. The summed E-state index contributed by atoms with van der Waals surface area (Å²) in [5, 5.41) is 12.8. The van der Waals surface area contributed by atoms with Gasteiger partial charge in [-0.1, -0.05) is 54.8 Å².